The maximum absolute atomic E-state index is 7.16. The molecule has 0 unspecified atom stereocenters. The Hall–Kier alpha value is -15.5. The van der Waals surface area contributed by atoms with Crippen molar-refractivity contribution in [1.29, 1.82) is 0 Å². The summed E-state index contributed by atoms with van der Waals surface area (Å²) in [5.74, 6) is 3.44. The number of furan rings is 2. The fourth-order valence-electron chi connectivity index (χ4n) is 17.1. The van der Waals surface area contributed by atoms with E-state index < -0.39 is 0 Å². The molecule has 114 heavy (non-hydrogen) atoms. The first-order valence-corrected chi connectivity index (χ1v) is 38.4. The molecule has 0 aliphatic carbocycles. The molecule has 0 spiro atoms. The number of benzene rings is 17. The monoisotopic (exact) mass is 1450 g/mol. The fraction of sp³-hybridized carbons (Fsp3) is 0. The summed E-state index contributed by atoms with van der Waals surface area (Å²) in [7, 11) is 0. The van der Waals surface area contributed by atoms with Crippen molar-refractivity contribution in [2.75, 3.05) is 0 Å². The van der Waals surface area contributed by atoms with Gasteiger partial charge in [0.05, 0.1) is 33.4 Å². The van der Waals surface area contributed by atoms with Crippen molar-refractivity contribution in [3.8, 4) is 124 Å². The minimum atomic E-state index is 0.555. The van der Waals surface area contributed by atoms with Gasteiger partial charge in [0, 0.05) is 76.5 Å². The van der Waals surface area contributed by atoms with E-state index in [-0.39, 0.29) is 0 Å². The second kappa shape index (κ2) is 26.1. The lowest BCUT2D eigenvalue weighted by Gasteiger charge is -2.11. The van der Waals surface area contributed by atoms with E-state index in [0.29, 0.717) is 34.9 Å². The van der Waals surface area contributed by atoms with Crippen LogP contribution in [0.3, 0.4) is 0 Å². The first kappa shape index (κ1) is 64.5. The van der Waals surface area contributed by atoms with E-state index in [9.17, 15) is 0 Å². The molecule has 0 aliphatic heterocycles. The van der Waals surface area contributed by atoms with Crippen LogP contribution >= 0.6 is 0 Å². The zero-order valence-corrected chi connectivity index (χ0v) is 61.2. The molecule has 0 amide bonds. The van der Waals surface area contributed by atoms with Crippen molar-refractivity contribution in [3.63, 3.8) is 0 Å². The molecule has 0 saturated carbocycles. The number of fused-ring (bicyclic) bond motifs is 14. The zero-order valence-electron chi connectivity index (χ0n) is 61.2. The third-order valence-electron chi connectivity index (χ3n) is 22.6. The number of hydrogen-bond acceptors (Lipinski definition) is 8. The van der Waals surface area contributed by atoms with Crippen LogP contribution in [-0.2, 0) is 0 Å². The molecule has 10 heteroatoms. The van der Waals surface area contributed by atoms with Crippen LogP contribution in [0.15, 0.2) is 385 Å². The Labute approximate surface area is 653 Å². The molecular weight excluding hydrogens is 1390 g/mol. The van der Waals surface area contributed by atoms with E-state index in [4.69, 9.17) is 38.7 Å². The van der Waals surface area contributed by atoms with Crippen molar-refractivity contribution in [3.05, 3.63) is 376 Å². The van der Waals surface area contributed by atoms with Gasteiger partial charge in [-0.25, -0.2) is 29.9 Å². The van der Waals surface area contributed by atoms with Gasteiger partial charge in [0.2, 0.25) is 0 Å². The quantitative estimate of drug-likeness (QED) is 0.119. The third-order valence-corrected chi connectivity index (χ3v) is 22.6. The van der Waals surface area contributed by atoms with E-state index >= 15 is 0 Å². The van der Waals surface area contributed by atoms with Gasteiger partial charge in [-0.2, -0.15) is 0 Å². The molecule has 0 N–H and O–H groups in total. The second-order valence-corrected chi connectivity index (χ2v) is 29.2. The average Bonchev–Trinajstić information content (AvgIpc) is 1.57. The second-order valence-electron chi connectivity index (χ2n) is 29.2. The molecular formula is C104H62N8O2. The summed E-state index contributed by atoms with van der Waals surface area (Å²) in [5.41, 5.74) is 23.5. The topological polar surface area (TPSA) is 113 Å². The smallest absolute Gasteiger partial charge is 0.164 e. The first-order chi connectivity index (χ1) is 56.5. The highest BCUT2D eigenvalue weighted by atomic mass is 16.3. The summed E-state index contributed by atoms with van der Waals surface area (Å²) < 4.78 is 18.9. The number of aromatic nitrogens is 8. The first-order valence-electron chi connectivity index (χ1n) is 38.4. The van der Waals surface area contributed by atoms with Gasteiger partial charge in [0.15, 0.2) is 46.1 Å². The highest BCUT2D eigenvalue weighted by Crippen LogP contribution is 2.47. The lowest BCUT2D eigenvalue weighted by Crippen LogP contribution is -2.00. The van der Waals surface area contributed by atoms with Gasteiger partial charge in [-0.1, -0.05) is 297 Å². The van der Waals surface area contributed by atoms with Gasteiger partial charge >= 0.3 is 0 Å². The van der Waals surface area contributed by atoms with E-state index in [1.807, 2.05) is 78.9 Å². The predicted molar refractivity (Wildman–Crippen MR) is 466 cm³/mol. The zero-order chi connectivity index (χ0) is 74.9. The highest BCUT2D eigenvalue weighted by Gasteiger charge is 2.26. The summed E-state index contributed by atoms with van der Waals surface area (Å²) >= 11 is 0. The lowest BCUT2D eigenvalue weighted by molar-refractivity contribution is 0.666. The maximum atomic E-state index is 7.16. The Balaban J connectivity index is 0.601. The van der Waals surface area contributed by atoms with Gasteiger partial charge in [0.25, 0.3) is 0 Å². The fourth-order valence-corrected chi connectivity index (χ4v) is 17.1. The highest BCUT2D eigenvalue weighted by molar-refractivity contribution is 6.20. The summed E-state index contributed by atoms with van der Waals surface area (Å²) in [5, 5.41) is 13.1. The molecule has 0 bridgehead atoms. The van der Waals surface area contributed by atoms with Crippen LogP contribution in [0.1, 0.15) is 0 Å². The molecule has 0 fully saturated rings. The SMILES string of the molecule is c1ccc(-c2ccc(-c3nc(-c4ccccc4)nc(-c4cccc5oc6c(-n7c8ccc(-c9ccccc9)cc8c8cc9cc(-c%10cccc(-c%11ccc(-c%12nc(-c%13ccccc%13)nc(-c%13cccc%14oc%15c(-n%16c%17ccccc%17c%17cc%18ccccc%18cc%17%16)cccc%15c%13%14)n%12)cc%11)c%10)ccc9cc87)cccc6c45)n3)cc2)cc1. The van der Waals surface area contributed by atoms with Crippen LogP contribution in [0.2, 0.25) is 0 Å². The molecule has 0 atom stereocenters. The van der Waals surface area contributed by atoms with Gasteiger partial charge < -0.3 is 18.0 Å². The molecule has 23 rings (SSSR count). The molecule has 10 nitrogen and oxygen atoms in total. The normalized spacial score (nSPS) is 11.9. The minimum Gasteiger partial charge on any atom is -0.454 e. The Morgan fingerprint density at radius 3 is 1.07 bits per heavy atom. The van der Waals surface area contributed by atoms with E-state index in [1.165, 1.54) is 21.5 Å². The molecule has 0 radical (unpaired) electrons. The predicted octanol–water partition coefficient (Wildman–Crippen LogP) is 27.0. The van der Waals surface area contributed by atoms with Gasteiger partial charge in [-0.05, 0) is 145 Å². The van der Waals surface area contributed by atoms with Crippen LogP contribution < -0.4 is 0 Å². The van der Waals surface area contributed by atoms with Crippen molar-refractivity contribution < 1.29 is 8.83 Å². The van der Waals surface area contributed by atoms with Crippen molar-refractivity contribution in [2.24, 2.45) is 0 Å². The van der Waals surface area contributed by atoms with Crippen LogP contribution in [-0.4, -0.2) is 39.0 Å². The van der Waals surface area contributed by atoms with Crippen molar-refractivity contribution >= 4 is 109 Å². The Morgan fingerprint density at radius 1 is 0.184 bits per heavy atom. The molecule has 23 aromatic rings. The number of nitrogens with zero attached hydrogens (tertiary/aromatic N) is 8. The summed E-state index contributed by atoms with van der Waals surface area (Å²) in [6.07, 6.45) is 0. The molecule has 0 aliphatic rings. The van der Waals surface area contributed by atoms with E-state index in [2.05, 4.69) is 306 Å². The number of hydrogen-bond donors (Lipinski definition) is 0. The van der Waals surface area contributed by atoms with Crippen molar-refractivity contribution in [2.45, 2.75) is 0 Å². The van der Waals surface area contributed by atoms with E-state index in [1.54, 1.807) is 0 Å². The Morgan fingerprint density at radius 2 is 0.518 bits per heavy atom. The summed E-state index contributed by atoms with van der Waals surface area (Å²) in [6, 6.07) is 133. The lowest BCUT2D eigenvalue weighted by atomic mass is 9.96. The Bertz CT molecular complexity index is 7820. The summed E-state index contributed by atoms with van der Waals surface area (Å²) in [6.45, 7) is 0. The largest absolute Gasteiger partial charge is 0.454 e. The molecule has 530 valence electrons. The minimum absolute atomic E-state index is 0.555. The average molecular weight is 1460 g/mol. The standard InChI is InChI=1S/C104H62N8O2/c1-5-22-63(23-6-1)65-44-48-69(49-45-65)101-105-99(67-26-9-3-10-27-67)107-103(109-101)83-38-21-43-94-96(83)81-36-19-41-90(98(81)114-94)112-88-55-54-76(64-24-7-2-8-25-64)59-85(88)86-60-78-57-75(52-53-77(78)62-92(86)112)72-33-17-32-71(56-72)66-46-50-70(51-47-66)102-106-100(68-28-11-4-12-29-68)108-104(110-102)82-37-20-42-93-95(82)80-35-18-40-89(97(80)113-93)111-87-39-16-15-34-79(87)84-58-73-30-13-14-31-74(73)61-91(84)111/h1-62H. The molecule has 6 heterocycles. The van der Waals surface area contributed by atoms with Crippen LogP contribution in [0.25, 0.3) is 233 Å². The number of para-hydroxylation sites is 3. The summed E-state index contributed by atoms with van der Waals surface area (Å²) in [4.78, 5) is 31.5. The van der Waals surface area contributed by atoms with Crippen LogP contribution in [0.4, 0.5) is 0 Å². The maximum Gasteiger partial charge on any atom is 0.164 e. The number of rotatable bonds is 12. The van der Waals surface area contributed by atoms with Gasteiger partial charge in [-0.15, -0.1) is 0 Å². The molecule has 6 aromatic heterocycles. The van der Waals surface area contributed by atoms with Crippen LogP contribution in [0, 0.1) is 0 Å². The molecule has 0 saturated heterocycles. The van der Waals surface area contributed by atoms with Gasteiger partial charge in [0.1, 0.15) is 11.2 Å². The Kier molecular flexibility index (Phi) is 14.8. The van der Waals surface area contributed by atoms with Crippen molar-refractivity contribution in [1.82, 2.24) is 39.0 Å². The molecule has 17 aromatic carbocycles. The van der Waals surface area contributed by atoms with Crippen LogP contribution in [0.5, 0.6) is 0 Å². The van der Waals surface area contributed by atoms with E-state index in [0.717, 1.165) is 177 Å². The van der Waals surface area contributed by atoms with Gasteiger partial charge in [-0.3, -0.25) is 0 Å². The third kappa shape index (κ3) is 10.7.